The fourth-order valence-corrected chi connectivity index (χ4v) is 4.57. The highest BCUT2D eigenvalue weighted by Gasteiger charge is 2.49. The first-order chi connectivity index (χ1) is 9.72. The minimum atomic E-state index is 0.176. The van der Waals surface area contributed by atoms with Crippen molar-refractivity contribution in [3.8, 4) is 0 Å². The Labute approximate surface area is 119 Å². The van der Waals surface area contributed by atoms with Gasteiger partial charge in [0.1, 0.15) is 12.2 Å². The van der Waals surface area contributed by atoms with Crippen molar-refractivity contribution in [2.75, 3.05) is 20.1 Å². The van der Waals surface area contributed by atoms with Crippen LogP contribution in [0.5, 0.6) is 0 Å². The highest BCUT2D eigenvalue weighted by atomic mass is 15.4. The number of hydrogen-bond acceptors (Lipinski definition) is 5. The van der Waals surface area contributed by atoms with E-state index in [4.69, 9.17) is 5.73 Å². The summed E-state index contributed by atoms with van der Waals surface area (Å²) in [4.78, 5) is 5.18. The molecule has 0 spiro atoms. The predicted octanol–water partition coefficient (Wildman–Crippen LogP) is 0.0478. The molecule has 2 unspecified atom stereocenters. The highest BCUT2D eigenvalue weighted by Crippen LogP contribution is 2.43. The van der Waals surface area contributed by atoms with Crippen LogP contribution in [0, 0.1) is 0 Å². The van der Waals surface area contributed by atoms with Gasteiger partial charge in [-0.15, -0.1) is 10.2 Å². The van der Waals surface area contributed by atoms with E-state index in [1.54, 1.807) is 0 Å². The Morgan fingerprint density at radius 1 is 1.30 bits per heavy atom. The highest BCUT2D eigenvalue weighted by molar-refractivity contribution is 5.08. The molecule has 3 aliphatic rings. The van der Waals surface area contributed by atoms with Crippen molar-refractivity contribution in [2.45, 2.75) is 56.4 Å². The molecule has 2 atom stereocenters. The number of fused-ring (bicyclic) bond motifs is 3. The van der Waals surface area contributed by atoms with Crippen LogP contribution in [-0.4, -0.2) is 62.3 Å². The minimum Gasteiger partial charge on any atom is -0.329 e. The lowest BCUT2D eigenvalue weighted by Crippen LogP contribution is -2.62. The average Bonchev–Trinajstić information content (AvgIpc) is 3.00. The monoisotopic (exact) mass is 276 g/mol. The van der Waals surface area contributed by atoms with Gasteiger partial charge in [0.2, 0.25) is 0 Å². The number of nitrogens with two attached hydrogens (primary N) is 1. The Hall–Kier alpha value is -0.980. The van der Waals surface area contributed by atoms with Gasteiger partial charge in [0.25, 0.3) is 0 Å². The first-order valence-corrected chi connectivity index (χ1v) is 7.75. The predicted molar refractivity (Wildman–Crippen MR) is 76.0 cm³/mol. The molecule has 2 fully saturated rings. The molecule has 6 nitrogen and oxygen atoms in total. The molecule has 20 heavy (non-hydrogen) atoms. The van der Waals surface area contributed by atoms with Crippen LogP contribution in [-0.2, 0) is 13.1 Å². The molecular weight excluding hydrogens is 252 g/mol. The molecule has 3 aliphatic heterocycles. The summed E-state index contributed by atoms with van der Waals surface area (Å²) in [7, 11) is 2.29. The molecule has 0 aliphatic carbocycles. The van der Waals surface area contributed by atoms with Gasteiger partial charge >= 0.3 is 0 Å². The zero-order valence-corrected chi connectivity index (χ0v) is 12.2. The summed E-state index contributed by atoms with van der Waals surface area (Å²) in [5.41, 5.74) is 6.44. The average molecular weight is 276 g/mol. The molecule has 0 saturated carbocycles. The maximum absolute atomic E-state index is 6.26. The van der Waals surface area contributed by atoms with E-state index in [-0.39, 0.29) is 5.54 Å². The van der Waals surface area contributed by atoms with E-state index < -0.39 is 0 Å². The van der Waals surface area contributed by atoms with Gasteiger partial charge in [0, 0.05) is 37.3 Å². The van der Waals surface area contributed by atoms with E-state index in [0.717, 1.165) is 44.1 Å². The lowest BCUT2D eigenvalue weighted by atomic mass is 9.81. The maximum atomic E-state index is 6.26. The third kappa shape index (κ3) is 1.75. The zero-order chi connectivity index (χ0) is 13.7. The quantitative estimate of drug-likeness (QED) is 0.827. The van der Waals surface area contributed by atoms with Gasteiger partial charge in [-0.05, 0) is 32.7 Å². The molecule has 2 bridgehead atoms. The van der Waals surface area contributed by atoms with Crippen LogP contribution in [0.2, 0.25) is 0 Å². The Morgan fingerprint density at radius 2 is 2.05 bits per heavy atom. The summed E-state index contributed by atoms with van der Waals surface area (Å²) < 4.78 is 2.17. The molecular formula is C14H24N6. The van der Waals surface area contributed by atoms with Crippen molar-refractivity contribution < 1.29 is 0 Å². The van der Waals surface area contributed by atoms with E-state index in [1.165, 1.54) is 25.7 Å². The number of hydrogen-bond donors (Lipinski definition) is 1. The Balaban J connectivity index is 1.60. The van der Waals surface area contributed by atoms with Crippen molar-refractivity contribution in [1.82, 2.24) is 24.6 Å². The van der Waals surface area contributed by atoms with Crippen LogP contribution >= 0.6 is 0 Å². The van der Waals surface area contributed by atoms with Crippen LogP contribution in [0.15, 0.2) is 6.33 Å². The van der Waals surface area contributed by atoms with Crippen LogP contribution in [0.4, 0.5) is 0 Å². The number of rotatable bonds is 2. The number of nitrogens with zero attached hydrogens (tertiary/aromatic N) is 5. The number of aromatic nitrogens is 3. The largest absolute Gasteiger partial charge is 0.329 e. The van der Waals surface area contributed by atoms with Crippen molar-refractivity contribution in [3.63, 3.8) is 0 Å². The molecule has 2 N–H and O–H groups in total. The van der Waals surface area contributed by atoms with Crippen molar-refractivity contribution in [1.29, 1.82) is 0 Å². The summed E-state index contributed by atoms with van der Waals surface area (Å²) in [6.45, 7) is 3.74. The van der Waals surface area contributed by atoms with Gasteiger partial charge in [0.05, 0.1) is 6.54 Å². The van der Waals surface area contributed by atoms with Gasteiger partial charge in [-0.25, -0.2) is 0 Å². The number of piperidine rings is 1. The maximum Gasteiger partial charge on any atom is 0.147 e. The second-order valence-electron chi connectivity index (χ2n) is 6.75. The molecule has 1 aromatic rings. The first kappa shape index (κ1) is 12.7. The van der Waals surface area contributed by atoms with Crippen molar-refractivity contribution in [3.05, 3.63) is 12.2 Å². The third-order valence-electron chi connectivity index (χ3n) is 5.91. The van der Waals surface area contributed by atoms with E-state index >= 15 is 0 Å². The standard InChI is InChI=1S/C14H24N6/c1-18-11-2-3-12(18)7-14(6-11,9-15)20-5-4-19-10-16-17-13(19)8-20/h10-12H,2-9,15H2,1H3. The van der Waals surface area contributed by atoms with Gasteiger partial charge in [-0.2, -0.15) is 0 Å². The molecule has 0 aromatic carbocycles. The van der Waals surface area contributed by atoms with Gasteiger partial charge in [-0.3, -0.25) is 4.90 Å². The molecule has 4 heterocycles. The lowest BCUT2D eigenvalue weighted by molar-refractivity contribution is -0.0149. The summed E-state index contributed by atoms with van der Waals surface area (Å²) in [5, 5.41) is 8.29. The lowest BCUT2D eigenvalue weighted by Gasteiger charge is -2.51. The molecule has 6 heteroatoms. The first-order valence-electron chi connectivity index (χ1n) is 7.75. The molecule has 1 aromatic heterocycles. The van der Waals surface area contributed by atoms with E-state index in [1.807, 2.05) is 6.33 Å². The fourth-order valence-electron chi connectivity index (χ4n) is 4.57. The van der Waals surface area contributed by atoms with Gasteiger partial charge in [-0.1, -0.05) is 0 Å². The fraction of sp³-hybridized carbons (Fsp3) is 0.857. The van der Waals surface area contributed by atoms with E-state index in [2.05, 4.69) is 31.6 Å². The topological polar surface area (TPSA) is 63.2 Å². The molecule has 4 rings (SSSR count). The van der Waals surface area contributed by atoms with Crippen LogP contribution in [0.25, 0.3) is 0 Å². The van der Waals surface area contributed by atoms with Gasteiger partial charge in [0.15, 0.2) is 0 Å². The Bertz CT molecular complexity index is 484. The van der Waals surface area contributed by atoms with Crippen molar-refractivity contribution in [2.24, 2.45) is 5.73 Å². The van der Waals surface area contributed by atoms with Crippen molar-refractivity contribution >= 4 is 0 Å². The second-order valence-corrected chi connectivity index (χ2v) is 6.75. The second kappa shape index (κ2) is 4.51. The summed E-state index contributed by atoms with van der Waals surface area (Å²) in [6.07, 6.45) is 6.95. The molecule has 110 valence electrons. The van der Waals surface area contributed by atoms with Crippen LogP contribution in [0.1, 0.15) is 31.5 Å². The van der Waals surface area contributed by atoms with Crippen LogP contribution in [0.3, 0.4) is 0 Å². The molecule has 0 radical (unpaired) electrons. The zero-order valence-electron chi connectivity index (χ0n) is 12.2. The minimum absolute atomic E-state index is 0.176. The van der Waals surface area contributed by atoms with Gasteiger partial charge < -0.3 is 15.2 Å². The molecule has 2 saturated heterocycles. The summed E-state index contributed by atoms with van der Waals surface area (Å²) in [5.74, 6) is 1.09. The SMILES string of the molecule is CN1C2CCC1CC(CN)(N1CCn3cnnc3C1)C2. The normalized spacial score (nSPS) is 38.1. The smallest absolute Gasteiger partial charge is 0.147 e. The van der Waals surface area contributed by atoms with Crippen LogP contribution < -0.4 is 5.73 Å². The Kier molecular flexibility index (Phi) is 2.87. The summed E-state index contributed by atoms with van der Waals surface area (Å²) in [6, 6.07) is 1.44. The third-order valence-corrected chi connectivity index (χ3v) is 5.91. The van der Waals surface area contributed by atoms with E-state index in [0.29, 0.717) is 0 Å². The molecule has 0 amide bonds. The van der Waals surface area contributed by atoms with E-state index in [9.17, 15) is 0 Å². The summed E-state index contributed by atoms with van der Waals surface area (Å²) >= 11 is 0. The Morgan fingerprint density at radius 3 is 2.75 bits per heavy atom.